The summed E-state index contributed by atoms with van der Waals surface area (Å²) in [5.41, 5.74) is 4.08. The van der Waals surface area contributed by atoms with E-state index < -0.39 is 5.69 Å². The summed E-state index contributed by atoms with van der Waals surface area (Å²) in [6, 6.07) is 9.02. The van der Waals surface area contributed by atoms with Gasteiger partial charge in [-0.05, 0) is 49.9 Å². The number of rotatable bonds is 8. The average Bonchev–Trinajstić information content (AvgIpc) is 3.57. The number of fused-ring (bicyclic) bond motifs is 2. The second kappa shape index (κ2) is 10.6. The lowest BCUT2D eigenvalue weighted by molar-refractivity contribution is 0.102. The van der Waals surface area contributed by atoms with Crippen LogP contribution in [0.15, 0.2) is 47.8 Å². The molecule has 5 aromatic rings. The Morgan fingerprint density at radius 3 is 2.52 bits per heavy atom. The van der Waals surface area contributed by atoms with E-state index in [4.69, 9.17) is 0 Å². The quantitative estimate of drug-likeness (QED) is 0.222. The number of H-pyrrole nitrogens is 1. The molecule has 2 aliphatic rings. The molecule has 0 radical (unpaired) electrons. The van der Waals surface area contributed by atoms with Crippen LogP contribution in [-0.4, -0.2) is 65.6 Å². The van der Waals surface area contributed by atoms with Gasteiger partial charge in [-0.15, -0.1) is 0 Å². The highest BCUT2D eigenvalue weighted by Gasteiger charge is 2.28. The minimum absolute atomic E-state index is 0.236. The number of aromatic amines is 1. The highest BCUT2D eigenvalue weighted by atomic mass is 16.2. The lowest BCUT2D eigenvalue weighted by Crippen LogP contribution is -2.43. The first kappa shape index (κ1) is 26.1. The van der Waals surface area contributed by atoms with Gasteiger partial charge in [-0.1, -0.05) is 0 Å². The average molecular weight is 568 g/mol. The molecule has 2 aromatic carbocycles. The van der Waals surface area contributed by atoms with E-state index in [0.29, 0.717) is 35.3 Å². The van der Waals surface area contributed by atoms with Crippen LogP contribution < -0.4 is 26.5 Å². The molecule has 2 fully saturated rings. The molecule has 1 amide bonds. The maximum absolute atomic E-state index is 13.7. The molecule has 4 N–H and O–H groups in total. The summed E-state index contributed by atoms with van der Waals surface area (Å²) >= 11 is 0. The standard InChI is InChI=1S/C29H33N11O2/c1-38-14-18-12-21(11-17(25(18)36-38)13-30-28-31-16-32-29(42)35-28)34-27(41)22-5-6-24(23-15-39(2)37-26(22)23)40-9-7-20(8-10-40)33-19-3-4-19/h5-6,11-12,14-16,19-20,33H,3-4,7-10,13H2,1-2H3,(H,34,41)(H2,30,31,32,35,42). The van der Waals surface area contributed by atoms with Gasteiger partial charge < -0.3 is 20.9 Å². The van der Waals surface area contributed by atoms with Crippen molar-refractivity contribution >= 4 is 45.0 Å². The van der Waals surface area contributed by atoms with Crippen LogP contribution in [0.2, 0.25) is 0 Å². The lowest BCUT2D eigenvalue weighted by Gasteiger charge is -2.34. The van der Waals surface area contributed by atoms with Crippen molar-refractivity contribution in [2.75, 3.05) is 28.6 Å². The van der Waals surface area contributed by atoms with Crippen LogP contribution in [0.3, 0.4) is 0 Å². The van der Waals surface area contributed by atoms with Gasteiger partial charge in [-0.3, -0.25) is 19.1 Å². The van der Waals surface area contributed by atoms with Crippen molar-refractivity contribution in [1.29, 1.82) is 0 Å². The van der Waals surface area contributed by atoms with E-state index in [2.05, 4.69) is 52.1 Å². The molecule has 0 spiro atoms. The second-order valence-corrected chi connectivity index (χ2v) is 11.2. The number of aryl methyl sites for hydroxylation is 2. The summed E-state index contributed by atoms with van der Waals surface area (Å²) in [5.74, 6) is 0.0643. The summed E-state index contributed by atoms with van der Waals surface area (Å²) in [6.45, 7) is 2.28. The van der Waals surface area contributed by atoms with Crippen molar-refractivity contribution < 1.29 is 4.79 Å². The Bertz CT molecular complexity index is 1840. The SMILES string of the molecule is Cn1cc2cc(NC(=O)c3ccc(N4CCC(NC5CC5)CC4)c4cn(C)nc34)cc(CNc3ncnc(=O)[nH]3)c2n1. The summed E-state index contributed by atoms with van der Waals surface area (Å²) in [4.78, 5) is 37.8. The van der Waals surface area contributed by atoms with E-state index in [0.717, 1.165) is 59.5 Å². The Hall–Kier alpha value is -4.78. The first-order valence-electron chi connectivity index (χ1n) is 14.3. The highest BCUT2D eigenvalue weighted by molar-refractivity contribution is 6.14. The molecule has 13 heteroatoms. The summed E-state index contributed by atoms with van der Waals surface area (Å²) in [6.07, 6.45) is 9.93. The molecule has 1 saturated heterocycles. The first-order valence-corrected chi connectivity index (χ1v) is 14.3. The van der Waals surface area contributed by atoms with Gasteiger partial charge in [0.05, 0.1) is 11.1 Å². The van der Waals surface area contributed by atoms with Crippen LogP contribution in [0.4, 0.5) is 17.3 Å². The third kappa shape index (κ3) is 5.30. The molecule has 4 heterocycles. The van der Waals surface area contributed by atoms with Crippen LogP contribution in [0.5, 0.6) is 0 Å². The molecule has 216 valence electrons. The zero-order valence-electron chi connectivity index (χ0n) is 23.6. The minimum Gasteiger partial charge on any atom is -0.371 e. The maximum Gasteiger partial charge on any atom is 0.349 e. The van der Waals surface area contributed by atoms with Gasteiger partial charge in [-0.2, -0.15) is 15.2 Å². The normalized spacial score (nSPS) is 15.9. The Balaban J connectivity index is 1.13. The van der Waals surface area contributed by atoms with Gasteiger partial charge in [0.15, 0.2) is 0 Å². The van der Waals surface area contributed by atoms with Gasteiger partial charge in [0.2, 0.25) is 5.95 Å². The molecular formula is C29H33N11O2. The van der Waals surface area contributed by atoms with Crippen molar-refractivity contribution in [3.05, 3.63) is 64.6 Å². The number of hydrogen-bond acceptors (Lipinski definition) is 9. The fourth-order valence-corrected chi connectivity index (χ4v) is 5.84. The minimum atomic E-state index is -0.488. The third-order valence-corrected chi connectivity index (χ3v) is 7.99. The predicted molar refractivity (Wildman–Crippen MR) is 161 cm³/mol. The van der Waals surface area contributed by atoms with Gasteiger partial charge in [0.25, 0.3) is 5.91 Å². The molecule has 1 aliphatic heterocycles. The molecule has 0 unspecified atom stereocenters. The summed E-state index contributed by atoms with van der Waals surface area (Å²) in [7, 11) is 3.74. The number of anilines is 3. The van der Waals surface area contributed by atoms with Crippen molar-refractivity contribution in [1.82, 2.24) is 39.8 Å². The summed E-state index contributed by atoms with van der Waals surface area (Å²) in [5, 5.41) is 21.1. The topological polar surface area (TPSA) is 151 Å². The van der Waals surface area contributed by atoms with Gasteiger partial charge >= 0.3 is 5.69 Å². The lowest BCUT2D eigenvalue weighted by atomic mass is 10.0. The highest BCUT2D eigenvalue weighted by Crippen LogP contribution is 2.32. The Morgan fingerprint density at radius 1 is 0.976 bits per heavy atom. The fourth-order valence-electron chi connectivity index (χ4n) is 5.84. The molecule has 0 atom stereocenters. The number of benzene rings is 2. The monoisotopic (exact) mass is 567 g/mol. The number of nitrogens with zero attached hydrogens (tertiary/aromatic N) is 7. The van der Waals surface area contributed by atoms with Crippen LogP contribution in [-0.2, 0) is 20.6 Å². The zero-order chi connectivity index (χ0) is 28.8. The number of carbonyl (C=O) groups is 1. The van der Waals surface area contributed by atoms with E-state index in [9.17, 15) is 9.59 Å². The number of piperidine rings is 1. The molecular weight excluding hydrogens is 534 g/mol. The summed E-state index contributed by atoms with van der Waals surface area (Å²) < 4.78 is 3.50. The van der Waals surface area contributed by atoms with E-state index in [1.54, 1.807) is 9.36 Å². The van der Waals surface area contributed by atoms with Crippen molar-refractivity contribution in [2.24, 2.45) is 14.1 Å². The molecule has 3 aromatic heterocycles. The first-order chi connectivity index (χ1) is 20.4. The Labute approximate surface area is 241 Å². The molecule has 42 heavy (non-hydrogen) atoms. The largest absolute Gasteiger partial charge is 0.371 e. The third-order valence-electron chi connectivity index (χ3n) is 7.99. The molecule has 13 nitrogen and oxygen atoms in total. The van der Waals surface area contributed by atoms with E-state index in [-0.39, 0.29) is 5.91 Å². The predicted octanol–water partition coefficient (Wildman–Crippen LogP) is 2.52. The van der Waals surface area contributed by atoms with Crippen LogP contribution in [0.1, 0.15) is 41.6 Å². The molecule has 7 rings (SSSR count). The van der Waals surface area contributed by atoms with Gasteiger partial charge in [-0.25, -0.2) is 9.78 Å². The zero-order valence-corrected chi connectivity index (χ0v) is 23.6. The van der Waals surface area contributed by atoms with Crippen molar-refractivity contribution in [3.63, 3.8) is 0 Å². The molecule has 1 aliphatic carbocycles. The number of carbonyl (C=O) groups excluding carboxylic acids is 1. The molecule has 0 bridgehead atoms. The van der Waals surface area contributed by atoms with Gasteiger partial charge in [0, 0.05) is 85.9 Å². The number of nitrogens with one attached hydrogen (secondary N) is 4. The van der Waals surface area contributed by atoms with E-state index in [1.807, 2.05) is 44.7 Å². The van der Waals surface area contributed by atoms with Crippen LogP contribution in [0, 0.1) is 0 Å². The maximum atomic E-state index is 13.7. The number of hydrogen-bond donors (Lipinski definition) is 4. The second-order valence-electron chi connectivity index (χ2n) is 11.2. The van der Waals surface area contributed by atoms with Crippen LogP contribution >= 0.6 is 0 Å². The van der Waals surface area contributed by atoms with Crippen molar-refractivity contribution in [3.8, 4) is 0 Å². The Morgan fingerprint density at radius 2 is 1.74 bits per heavy atom. The molecule has 1 saturated carbocycles. The van der Waals surface area contributed by atoms with Gasteiger partial charge in [0.1, 0.15) is 11.8 Å². The fraction of sp³-hybridized carbons (Fsp3) is 0.379. The number of amides is 1. The van der Waals surface area contributed by atoms with E-state index in [1.165, 1.54) is 19.2 Å². The van der Waals surface area contributed by atoms with E-state index >= 15 is 0 Å². The number of aromatic nitrogens is 7. The van der Waals surface area contributed by atoms with Crippen molar-refractivity contribution in [2.45, 2.75) is 44.3 Å². The van der Waals surface area contributed by atoms with Crippen LogP contribution in [0.25, 0.3) is 21.8 Å². The Kier molecular flexibility index (Phi) is 6.57. The smallest absolute Gasteiger partial charge is 0.349 e.